The van der Waals surface area contributed by atoms with Gasteiger partial charge in [0, 0.05) is 31.6 Å². The van der Waals surface area contributed by atoms with Crippen molar-refractivity contribution in [1.29, 1.82) is 0 Å². The van der Waals surface area contributed by atoms with E-state index in [1.54, 1.807) is 4.31 Å². The molecule has 0 saturated carbocycles. The zero-order chi connectivity index (χ0) is 20.0. The highest BCUT2D eigenvalue weighted by Crippen LogP contribution is 2.22. The van der Waals surface area contributed by atoms with Crippen LogP contribution in [0.2, 0.25) is 0 Å². The zero-order valence-corrected chi connectivity index (χ0v) is 17.7. The molecular formula is C21H33N3O3S. The summed E-state index contributed by atoms with van der Waals surface area (Å²) in [5, 5.41) is 3.07. The molecule has 1 N–H and O–H groups in total. The van der Waals surface area contributed by atoms with E-state index < -0.39 is 10.0 Å². The van der Waals surface area contributed by atoms with Gasteiger partial charge in [-0.15, -0.1) is 0 Å². The molecule has 0 aromatic heterocycles. The Labute approximate surface area is 169 Å². The van der Waals surface area contributed by atoms with Crippen LogP contribution in [0.5, 0.6) is 0 Å². The van der Waals surface area contributed by atoms with E-state index in [1.807, 2.05) is 30.3 Å². The first-order valence-corrected chi connectivity index (χ1v) is 12.1. The minimum absolute atomic E-state index is 0.0269. The lowest BCUT2D eigenvalue weighted by Crippen LogP contribution is -2.44. The Morgan fingerprint density at radius 1 is 1.11 bits per heavy atom. The van der Waals surface area contributed by atoms with Crippen LogP contribution in [0.1, 0.15) is 44.6 Å². The van der Waals surface area contributed by atoms with E-state index in [0.29, 0.717) is 38.5 Å². The van der Waals surface area contributed by atoms with Gasteiger partial charge in [0.25, 0.3) is 0 Å². The molecule has 7 heteroatoms. The molecule has 1 unspecified atom stereocenters. The fourth-order valence-electron chi connectivity index (χ4n) is 4.19. The average molecular weight is 408 g/mol. The summed E-state index contributed by atoms with van der Waals surface area (Å²) in [5.41, 5.74) is 0.800. The van der Waals surface area contributed by atoms with Crippen LogP contribution in [-0.4, -0.2) is 62.3 Å². The topological polar surface area (TPSA) is 69.7 Å². The van der Waals surface area contributed by atoms with Crippen LogP contribution in [0.3, 0.4) is 0 Å². The number of benzene rings is 1. The Kier molecular flexibility index (Phi) is 7.48. The highest BCUT2D eigenvalue weighted by atomic mass is 32.2. The maximum Gasteiger partial charge on any atom is 0.223 e. The first kappa shape index (κ1) is 21.3. The van der Waals surface area contributed by atoms with Gasteiger partial charge in [0.05, 0.1) is 5.75 Å². The van der Waals surface area contributed by atoms with Gasteiger partial charge in [-0.05, 0) is 57.7 Å². The monoisotopic (exact) mass is 407 g/mol. The van der Waals surface area contributed by atoms with Crippen molar-refractivity contribution in [1.82, 2.24) is 14.5 Å². The second-order valence-electron chi connectivity index (χ2n) is 8.09. The van der Waals surface area contributed by atoms with Crippen molar-refractivity contribution in [3.8, 4) is 0 Å². The van der Waals surface area contributed by atoms with Gasteiger partial charge in [-0.1, -0.05) is 30.3 Å². The summed E-state index contributed by atoms with van der Waals surface area (Å²) in [4.78, 5) is 14.9. The lowest BCUT2D eigenvalue weighted by molar-refractivity contribution is -0.126. The number of sulfonamides is 1. The molecule has 2 heterocycles. The molecule has 0 spiro atoms. The lowest BCUT2D eigenvalue weighted by atomic mass is 9.97. The summed E-state index contributed by atoms with van der Waals surface area (Å²) in [6.45, 7) is 6.13. The van der Waals surface area contributed by atoms with E-state index in [0.717, 1.165) is 12.0 Å². The molecule has 1 amide bonds. The molecule has 3 rings (SSSR count). The number of rotatable bonds is 8. The van der Waals surface area contributed by atoms with Crippen molar-refractivity contribution >= 4 is 15.9 Å². The molecular weight excluding hydrogens is 374 g/mol. The van der Waals surface area contributed by atoms with Crippen molar-refractivity contribution in [2.45, 2.75) is 50.8 Å². The minimum atomic E-state index is -3.33. The minimum Gasteiger partial charge on any atom is -0.356 e. The van der Waals surface area contributed by atoms with Gasteiger partial charge in [0.1, 0.15) is 0 Å². The van der Waals surface area contributed by atoms with E-state index in [-0.39, 0.29) is 17.6 Å². The number of nitrogens with zero attached hydrogens (tertiary/aromatic N) is 2. The van der Waals surface area contributed by atoms with Gasteiger partial charge in [0.15, 0.2) is 0 Å². The second kappa shape index (κ2) is 9.85. The Hall–Kier alpha value is -1.44. The molecule has 0 bridgehead atoms. The van der Waals surface area contributed by atoms with Gasteiger partial charge in [-0.2, -0.15) is 0 Å². The maximum absolute atomic E-state index is 12.6. The molecule has 28 heavy (non-hydrogen) atoms. The number of carbonyl (C=O) groups excluding carboxylic acids is 1. The first-order chi connectivity index (χ1) is 13.5. The summed E-state index contributed by atoms with van der Waals surface area (Å²) in [6, 6.07) is 9.76. The van der Waals surface area contributed by atoms with Gasteiger partial charge in [-0.25, -0.2) is 12.7 Å². The van der Waals surface area contributed by atoms with Crippen molar-refractivity contribution in [3.05, 3.63) is 35.9 Å². The highest BCUT2D eigenvalue weighted by molar-refractivity contribution is 7.88. The normalized spacial score (nSPS) is 20.9. The molecule has 2 aliphatic rings. The van der Waals surface area contributed by atoms with Crippen LogP contribution in [0, 0.1) is 5.92 Å². The molecule has 1 atom stereocenters. The zero-order valence-electron chi connectivity index (χ0n) is 16.8. The van der Waals surface area contributed by atoms with E-state index in [4.69, 9.17) is 0 Å². The summed E-state index contributed by atoms with van der Waals surface area (Å²) in [5.74, 6) is 0.0259. The molecule has 2 fully saturated rings. The summed E-state index contributed by atoms with van der Waals surface area (Å²) >= 11 is 0. The third-order valence-electron chi connectivity index (χ3n) is 6.04. The van der Waals surface area contributed by atoms with Crippen LogP contribution in [0.25, 0.3) is 0 Å². The molecule has 1 aromatic carbocycles. The van der Waals surface area contributed by atoms with Crippen LogP contribution >= 0.6 is 0 Å². The smallest absolute Gasteiger partial charge is 0.223 e. The Bertz CT molecular complexity index is 725. The SMILES string of the molecule is CC(CCNC(=O)C1CCN(S(=O)(=O)Cc2ccccc2)CC1)N1CCCC1. The molecule has 0 radical (unpaired) electrons. The third-order valence-corrected chi connectivity index (χ3v) is 7.89. The Morgan fingerprint density at radius 3 is 2.39 bits per heavy atom. The van der Waals surface area contributed by atoms with Crippen molar-refractivity contribution in [3.63, 3.8) is 0 Å². The van der Waals surface area contributed by atoms with Gasteiger partial charge in [-0.3, -0.25) is 4.79 Å². The Balaban J connectivity index is 1.39. The molecule has 0 aliphatic carbocycles. The number of hydrogen-bond donors (Lipinski definition) is 1. The van der Waals surface area contributed by atoms with Crippen molar-refractivity contribution in [2.75, 3.05) is 32.7 Å². The summed E-state index contributed by atoms with van der Waals surface area (Å²) in [7, 11) is -3.33. The fourth-order valence-corrected chi connectivity index (χ4v) is 5.75. The maximum atomic E-state index is 12.6. The summed E-state index contributed by atoms with van der Waals surface area (Å²) < 4.78 is 26.8. The molecule has 2 aliphatic heterocycles. The average Bonchev–Trinajstić information content (AvgIpc) is 3.23. The Morgan fingerprint density at radius 2 is 1.75 bits per heavy atom. The number of piperidine rings is 1. The number of carbonyl (C=O) groups is 1. The van der Waals surface area contributed by atoms with Crippen LogP contribution < -0.4 is 5.32 Å². The highest BCUT2D eigenvalue weighted by Gasteiger charge is 2.31. The van der Waals surface area contributed by atoms with Gasteiger partial charge in [0.2, 0.25) is 15.9 Å². The van der Waals surface area contributed by atoms with Gasteiger partial charge >= 0.3 is 0 Å². The molecule has 6 nitrogen and oxygen atoms in total. The van der Waals surface area contributed by atoms with E-state index in [9.17, 15) is 13.2 Å². The second-order valence-corrected chi connectivity index (χ2v) is 10.1. The first-order valence-electron chi connectivity index (χ1n) is 10.5. The van der Waals surface area contributed by atoms with Crippen molar-refractivity contribution < 1.29 is 13.2 Å². The van der Waals surface area contributed by atoms with E-state index in [2.05, 4.69) is 17.1 Å². The van der Waals surface area contributed by atoms with Crippen molar-refractivity contribution in [2.24, 2.45) is 5.92 Å². The quantitative estimate of drug-likeness (QED) is 0.717. The standard InChI is InChI=1S/C21H33N3O3S/c1-18(23-13-5-6-14-23)9-12-22-21(25)20-10-15-24(16-11-20)28(26,27)17-19-7-3-2-4-8-19/h2-4,7-8,18,20H,5-6,9-17H2,1H3,(H,22,25). The number of amides is 1. The van der Waals surface area contributed by atoms with Crippen LogP contribution in [0.4, 0.5) is 0 Å². The molecule has 156 valence electrons. The number of hydrogen-bond acceptors (Lipinski definition) is 4. The fraction of sp³-hybridized carbons (Fsp3) is 0.667. The lowest BCUT2D eigenvalue weighted by Gasteiger charge is -2.31. The largest absolute Gasteiger partial charge is 0.356 e. The summed E-state index contributed by atoms with van der Waals surface area (Å²) in [6.07, 6.45) is 4.73. The molecule has 1 aromatic rings. The van der Waals surface area contributed by atoms with E-state index in [1.165, 1.54) is 25.9 Å². The molecule has 2 saturated heterocycles. The third kappa shape index (κ3) is 5.78. The van der Waals surface area contributed by atoms with Crippen LogP contribution in [-0.2, 0) is 20.6 Å². The number of likely N-dealkylation sites (tertiary alicyclic amines) is 1. The predicted octanol–water partition coefficient (Wildman–Crippen LogP) is 2.22. The van der Waals surface area contributed by atoms with Gasteiger partial charge < -0.3 is 10.2 Å². The van der Waals surface area contributed by atoms with E-state index >= 15 is 0 Å². The predicted molar refractivity (Wildman–Crippen MR) is 111 cm³/mol. The number of nitrogens with one attached hydrogen (secondary N) is 1. The van der Waals surface area contributed by atoms with Crippen LogP contribution in [0.15, 0.2) is 30.3 Å².